The van der Waals surface area contributed by atoms with Crippen LogP contribution >= 0.6 is 0 Å². The van der Waals surface area contributed by atoms with Crippen molar-refractivity contribution < 1.29 is 0 Å². The van der Waals surface area contributed by atoms with Gasteiger partial charge in [-0.3, -0.25) is 0 Å². The first-order chi connectivity index (χ1) is 7.66. The van der Waals surface area contributed by atoms with E-state index in [1.54, 1.807) is 0 Å². The zero-order valence-corrected chi connectivity index (χ0v) is 10.6. The number of hydrogen-bond acceptors (Lipinski definition) is 2. The number of anilines is 1. The van der Waals surface area contributed by atoms with E-state index in [0.29, 0.717) is 12.1 Å². The predicted octanol–water partition coefficient (Wildman–Crippen LogP) is 3.45. The van der Waals surface area contributed by atoms with E-state index in [2.05, 4.69) is 41.8 Å². The fraction of sp³-hybridized carbons (Fsp3) is 0.769. The number of nitrogens with one attached hydrogen (secondary N) is 1. The zero-order valence-electron chi connectivity index (χ0n) is 10.6. The van der Waals surface area contributed by atoms with Crippen molar-refractivity contribution in [3.8, 4) is 0 Å². The van der Waals surface area contributed by atoms with Crippen molar-refractivity contribution in [3.63, 3.8) is 0 Å². The maximum atomic E-state index is 4.40. The highest BCUT2D eigenvalue weighted by Crippen LogP contribution is 2.33. The lowest BCUT2D eigenvalue weighted by Gasteiger charge is -2.28. The van der Waals surface area contributed by atoms with E-state index in [-0.39, 0.29) is 0 Å². The minimum Gasteiger partial charge on any atom is -0.353 e. The van der Waals surface area contributed by atoms with Crippen molar-refractivity contribution >= 4 is 5.95 Å². The molecule has 0 aliphatic heterocycles. The van der Waals surface area contributed by atoms with Gasteiger partial charge in [0.1, 0.15) is 0 Å². The Morgan fingerprint density at radius 3 is 2.62 bits per heavy atom. The van der Waals surface area contributed by atoms with Crippen LogP contribution in [0.3, 0.4) is 0 Å². The highest BCUT2D eigenvalue weighted by atomic mass is 15.2. The van der Waals surface area contributed by atoms with Gasteiger partial charge >= 0.3 is 0 Å². The fourth-order valence-corrected chi connectivity index (χ4v) is 2.50. The smallest absolute Gasteiger partial charge is 0.203 e. The molecular formula is C13H23N3. The zero-order chi connectivity index (χ0) is 11.5. The van der Waals surface area contributed by atoms with Crippen LogP contribution in [0.4, 0.5) is 5.95 Å². The van der Waals surface area contributed by atoms with Crippen LogP contribution in [-0.4, -0.2) is 15.6 Å². The average Bonchev–Trinajstić information content (AvgIpc) is 2.66. The fourth-order valence-electron chi connectivity index (χ4n) is 2.50. The van der Waals surface area contributed by atoms with Gasteiger partial charge in [-0.05, 0) is 45.4 Å². The molecule has 0 saturated heterocycles. The standard InChI is InChI=1S/C13H23N3/c1-10(2)15-13-14-8-9-16(13)12-6-4-11(3)5-7-12/h8-12H,4-7H2,1-3H3,(H,14,15). The quantitative estimate of drug-likeness (QED) is 0.847. The van der Waals surface area contributed by atoms with E-state index in [1.165, 1.54) is 25.7 Å². The highest BCUT2D eigenvalue weighted by Gasteiger charge is 2.21. The Bertz CT molecular complexity index is 322. The molecule has 2 rings (SSSR count). The number of nitrogens with zero attached hydrogens (tertiary/aromatic N) is 2. The van der Waals surface area contributed by atoms with Crippen molar-refractivity contribution in [1.82, 2.24) is 9.55 Å². The Kier molecular flexibility index (Phi) is 3.52. The van der Waals surface area contributed by atoms with Crippen molar-refractivity contribution in [2.45, 2.75) is 58.5 Å². The normalized spacial score (nSPS) is 26.0. The monoisotopic (exact) mass is 221 g/mol. The predicted molar refractivity (Wildman–Crippen MR) is 67.7 cm³/mol. The van der Waals surface area contributed by atoms with Gasteiger partial charge in [0.15, 0.2) is 0 Å². The summed E-state index contributed by atoms with van der Waals surface area (Å²) in [6.07, 6.45) is 9.32. The third kappa shape index (κ3) is 2.57. The van der Waals surface area contributed by atoms with Crippen LogP contribution in [0.15, 0.2) is 12.4 Å². The van der Waals surface area contributed by atoms with Gasteiger partial charge in [-0.2, -0.15) is 0 Å². The van der Waals surface area contributed by atoms with Crippen molar-refractivity contribution in [1.29, 1.82) is 0 Å². The minimum absolute atomic E-state index is 0.448. The molecule has 90 valence electrons. The number of imidazole rings is 1. The lowest BCUT2D eigenvalue weighted by atomic mass is 9.87. The van der Waals surface area contributed by atoms with Crippen LogP contribution < -0.4 is 5.32 Å². The number of hydrogen-bond donors (Lipinski definition) is 1. The summed E-state index contributed by atoms with van der Waals surface area (Å²) in [5.41, 5.74) is 0. The first-order valence-electron chi connectivity index (χ1n) is 6.46. The molecule has 1 aliphatic rings. The summed E-state index contributed by atoms with van der Waals surface area (Å²) in [7, 11) is 0. The van der Waals surface area contributed by atoms with Gasteiger partial charge in [0.05, 0.1) is 0 Å². The lowest BCUT2D eigenvalue weighted by Crippen LogP contribution is -2.20. The molecule has 0 atom stereocenters. The Labute approximate surface area is 98.3 Å². The molecule has 0 radical (unpaired) electrons. The van der Waals surface area contributed by atoms with Crippen LogP contribution in [0.5, 0.6) is 0 Å². The van der Waals surface area contributed by atoms with Crippen LogP contribution in [-0.2, 0) is 0 Å². The van der Waals surface area contributed by atoms with E-state index < -0.39 is 0 Å². The third-order valence-corrected chi connectivity index (χ3v) is 3.47. The molecule has 1 N–H and O–H groups in total. The number of rotatable bonds is 3. The molecule has 0 bridgehead atoms. The molecule has 1 aromatic rings. The maximum absolute atomic E-state index is 4.40. The Morgan fingerprint density at radius 2 is 2.00 bits per heavy atom. The summed E-state index contributed by atoms with van der Waals surface area (Å²) in [5.74, 6) is 1.94. The Morgan fingerprint density at radius 1 is 1.31 bits per heavy atom. The van der Waals surface area contributed by atoms with E-state index in [9.17, 15) is 0 Å². The highest BCUT2D eigenvalue weighted by molar-refractivity contribution is 5.27. The van der Waals surface area contributed by atoms with Crippen molar-refractivity contribution in [2.75, 3.05) is 5.32 Å². The van der Waals surface area contributed by atoms with E-state index in [1.807, 2.05) is 6.20 Å². The molecule has 1 fully saturated rings. The van der Waals surface area contributed by atoms with Crippen LogP contribution in [0, 0.1) is 5.92 Å². The maximum Gasteiger partial charge on any atom is 0.203 e. The molecule has 0 unspecified atom stereocenters. The molecule has 3 heteroatoms. The van der Waals surface area contributed by atoms with Crippen LogP contribution in [0.1, 0.15) is 52.5 Å². The minimum atomic E-state index is 0.448. The molecule has 3 nitrogen and oxygen atoms in total. The van der Waals surface area contributed by atoms with Gasteiger partial charge in [-0.1, -0.05) is 6.92 Å². The lowest BCUT2D eigenvalue weighted by molar-refractivity contribution is 0.291. The molecule has 1 saturated carbocycles. The Balaban J connectivity index is 2.05. The molecule has 1 heterocycles. The molecular weight excluding hydrogens is 198 g/mol. The summed E-state index contributed by atoms with van der Waals surface area (Å²) >= 11 is 0. The molecule has 1 aliphatic carbocycles. The Hall–Kier alpha value is -0.990. The molecule has 0 aromatic carbocycles. The van der Waals surface area contributed by atoms with Crippen LogP contribution in [0.25, 0.3) is 0 Å². The summed E-state index contributed by atoms with van der Waals surface area (Å²) in [6.45, 7) is 6.67. The largest absolute Gasteiger partial charge is 0.353 e. The molecule has 0 amide bonds. The number of aromatic nitrogens is 2. The molecule has 0 spiro atoms. The second-order valence-corrected chi connectivity index (χ2v) is 5.37. The van der Waals surface area contributed by atoms with Gasteiger partial charge in [0.25, 0.3) is 0 Å². The van der Waals surface area contributed by atoms with E-state index >= 15 is 0 Å². The van der Waals surface area contributed by atoms with E-state index in [0.717, 1.165) is 11.9 Å². The summed E-state index contributed by atoms with van der Waals surface area (Å²) in [6, 6.07) is 1.10. The summed E-state index contributed by atoms with van der Waals surface area (Å²) in [5, 5.41) is 3.41. The topological polar surface area (TPSA) is 29.9 Å². The first kappa shape index (κ1) is 11.5. The summed E-state index contributed by atoms with van der Waals surface area (Å²) in [4.78, 5) is 4.40. The van der Waals surface area contributed by atoms with Crippen LogP contribution in [0.2, 0.25) is 0 Å². The third-order valence-electron chi connectivity index (χ3n) is 3.47. The molecule has 1 aromatic heterocycles. The van der Waals surface area contributed by atoms with E-state index in [4.69, 9.17) is 0 Å². The average molecular weight is 221 g/mol. The van der Waals surface area contributed by atoms with Gasteiger partial charge in [0.2, 0.25) is 5.95 Å². The first-order valence-corrected chi connectivity index (χ1v) is 6.46. The second-order valence-electron chi connectivity index (χ2n) is 5.37. The van der Waals surface area contributed by atoms with Gasteiger partial charge < -0.3 is 9.88 Å². The van der Waals surface area contributed by atoms with Crippen molar-refractivity contribution in [3.05, 3.63) is 12.4 Å². The van der Waals surface area contributed by atoms with Gasteiger partial charge in [0, 0.05) is 24.5 Å². The summed E-state index contributed by atoms with van der Waals surface area (Å²) < 4.78 is 2.33. The van der Waals surface area contributed by atoms with Gasteiger partial charge in [-0.25, -0.2) is 4.98 Å². The van der Waals surface area contributed by atoms with Crippen molar-refractivity contribution in [2.24, 2.45) is 5.92 Å². The SMILES string of the molecule is CC1CCC(n2ccnc2NC(C)C)CC1. The van der Waals surface area contributed by atoms with Gasteiger partial charge in [-0.15, -0.1) is 0 Å². The molecule has 16 heavy (non-hydrogen) atoms. The second kappa shape index (κ2) is 4.89.